The molecule has 1 aliphatic heterocycles. The summed E-state index contributed by atoms with van der Waals surface area (Å²) in [4.78, 5) is 2.28. The molecule has 1 fully saturated rings. The van der Waals surface area contributed by atoms with E-state index in [0.717, 1.165) is 38.1 Å². The Bertz CT molecular complexity index is 668. The van der Waals surface area contributed by atoms with E-state index in [1.165, 1.54) is 16.3 Å². The maximum Gasteiger partial charge on any atom is 0.120 e. The van der Waals surface area contributed by atoms with Crippen molar-refractivity contribution >= 4 is 10.8 Å². The second-order valence-electron chi connectivity index (χ2n) is 6.90. The van der Waals surface area contributed by atoms with Gasteiger partial charge in [0.25, 0.3) is 0 Å². The molecule has 3 rings (SSSR count). The molecule has 2 aromatic rings. The van der Waals surface area contributed by atoms with Gasteiger partial charge in [0, 0.05) is 6.54 Å². The Labute approximate surface area is 138 Å². The highest BCUT2D eigenvalue weighted by Crippen LogP contribution is 2.26. The number of aryl methyl sites for hydroxylation is 1. The van der Waals surface area contributed by atoms with E-state index < -0.39 is 5.67 Å². The quantitative estimate of drug-likeness (QED) is 0.799. The van der Waals surface area contributed by atoms with Crippen LogP contribution >= 0.6 is 0 Å². The summed E-state index contributed by atoms with van der Waals surface area (Å²) in [5, 5.41) is 2.51. The number of likely N-dealkylation sites (tertiary alicyclic amines) is 1. The van der Waals surface area contributed by atoms with Crippen LogP contribution < -0.4 is 4.74 Å². The van der Waals surface area contributed by atoms with Crippen LogP contribution in [0, 0.1) is 0 Å². The van der Waals surface area contributed by atoms with Crippen molar-refractivity contribution in [2.75, 3.05) is 26.7 Å². The molecule has 124 valence electrons. The number of hydrogen-bond donors (Lipinski definition) is 0. The average molecular weight is 315 g/mol. The number of benzene rings is 2. The maximum atomic E-state index is 14.1. The zero-order chi connectivity index (χ0) is 16.3. The standard InChI is InChI=1S/C20H26FNO/c1-20(21)11-5-13-22(15-20)12-4-8-16-6-3-7-17-14-18(23-2)9-10-19(16)17/h3,6-7,9-10,14H,4-5,8,11-13,15H2,1-2H3. The summed E-state index contributed by atoms with van der Waals surface area (Å²) in [6, 6.07) is 12.7. The van der Waals surface area contributed by atoms with E-state index in [1.54, 1.807) is 14.0 Å². The molecule has 1 unspecified atom stereocenters. The predicted octanol–water partition coefficient (Wildman–Crippen LogP) is 4.61. The highest BCUT2D eigenvalue weighted by atomic mass is 19.1. The second-order valence-corrected chi connectivity index (χ2v) is 6.90. The maximum absolute atomic E-state index is 14.1. The van der Waals surface area contributed by atoms with Crippen LogP contribution in [0.5, 0.6) is 5.75 Å². The third kappa shape index (κ3) is 4.03. The first-order chi connectivity index (χ1) is 11.1. The Morgan fingerprint density at radius 1 is 1.26 bits per heavy atom. The third-order valence-electron chi connectivity index (χ3n) is 4.82. The highest BCUT2D eigenvalue weighted by Gasteiger charge is 2.29. The Hall–Kier alpha value is -1.61. The smallest absolute Gasteiger partial charge is 0.120 e. The predicted molar refractivity (Wildman–Crippen MR) is 94.0 cm³/mol. The van der Waals surface area contributed by atoms with Crippen LogP contribution in [0.15, 0.2) is 36.4 Å². The molecule has 0 spiro atoms. The number of hydrogen-bond acceptors (Lipinski definition) is 2. The number of ether oxygens (including phenoxy) is 1. The molecule has 2 nitrogen and oxygen atoms in total. The van der Waals surface area contributed by atoms with E-state index in [4.69, 9.17) is 4.74 Å². The molecule has 0 saturated carbocycles. The van der Waals surface area contributed by atoms with Gasteiger partial charge in [0.15, 0.2) is 0 Å². The molecule has 0 bridgehead atoms. The third-order valence-corrected chi connectivity index (χ3v) is 4.82. The van der Waals surface area contributed by atoms with Crippen LogP contribution in [0.25, 0.3) is 10.8 Å². The zero-order valence-electron chi connectivity index (χ0n) is 14.1. The Balaban J connectivity index is 1.63. The minimum atomic E-state index is -1.01. The lowest BCUT2D eigenvalue weighted by atomic mass is 9.96. The molecule has 3 heteroatoms. The van der Waals surface area contributed by atoms with Gasteiger partial charge in [-0.3, -0.25) is 0 Å². The van der Waals surface area contributed by atoms with E-state index >= 15 is 0 Å². The first-order valence-electron chi connectivity index (χ1n) is 8.54. The van der Waals surface area contributed by atoms with E-state index in [2.05, 4.69) is 35.2 Å². The van der Waals surface area contributed by atoms with E-state index in [0.29, 0.717) is 13.0 Å². The molecule has 0 N–H and O–H groups in total. The molecule has 1 aliphatic rings. The van der Waals surface area contributed by atoms with E-state index in [-0.39, 0.29) is 0 Å². The monoisotopic (exact) mass is 315 g/mol. The topological polar surface area (TPSA) is 12.5 Å². The molecule has 0 radical (unpaired) electrons. The molecule has 0 amide bonds. The van der Waals surface area contributed by atoms with Crippen molar-refractivity contribution in [1.29, 1.82) is 0 Å². The molecule has 1 atom stereocenters. The number of piperidine rings is 1. The van der Waals surface area contributed by atoms with Gasteiger partial charge in [0.05, 0.1) is 7.11 Å². The fraction of sp³-hybridized carbons (Fsp3) is 0.500. The average Bonchev–Trinajstić information content (AvgIpc) is 2.53. The van der Waals surface area contributed by atoms with Crippen LogP contribution in [-0.2, 0) is 6.42 Å². The summed E-state index contributed by atoms with van der Waals surface area (Å²) in [6.07, 6.45) is 3.78. The van der Waals surface area contributed by atoms with Crippen LogP contribution in [-0.4, -0.2) is 37.3 Å². The van der Waals surface area contributed by atoms with E-state index in [9.17, 15) is 4.39 Å². The van der Waals surface area contributed by atoms with Gasteiger partial charge in [0.1, 0.15) is 11.4 Å². The number of nitrogens with zero attached hydrogens (tertiary/aromatic N) is 1. The molecule has 0 aliphatic carbocycles. The zero-order valence-corrected chi connectivity index (χ0v) is 14.1. The molecule has 23 heavy (non-hydrogen) atoms. The van der Waals surface area contributed by atoms with Crippen LogP contribution in [0.1, 0.15) is 31.7 Å². The van der Waals surface area contributed by atoms with Gasteiger partial charge < -0.3 is 9.64 Å². The highest BCUT2D eigenvalue weighted by molar-refractivity contribution is 5.87. The van der Waals surface area contributed by atoms with Crippen molar-refractivity contribution in [3.05, 3.63) is 42.0 Å². The lowest BCUT2D eigenvalue weighted by molar-refractivity contribution is 0.0601. The van der Waals surface area contributed by atoms with Gasteiger partial charge >= 0.3 is 0 Å². The Morgan fingerprint density at radius 2 is 2.13 bits per heavy atom. The van der Waals surface area contributed by atoms with Crippen molar-refractivity contribution < 1.29 is 9.13 Å². The minimum absolute atomic E-state index is 0.583. The molecule has 0 aromatic heterocycles. The van der Waals surface area contributed by atoms with Crippen LogP contribution in [0.4, 0.5) is 4.39 Å². The molecular formula is C20H26FNO. The van der Waals surface area contributed by atoms with Gasteiger partial charge in [-0.15, -0.1) is 0 Å². The fourth-order valence-electron chi connectivity index (χ4n) is 3.65. The lowest BCUT2D eigenvalue weighted by Gasteiger charge is -2.35. The number of rotatable bonds is 5. The van der Waals surface area contributed by atoms with Crippen molar-refractivity contribution in [3.8, 4) is 5.75 Å². The second kappa shape index (κ2) is 6.88. The van der Waals surface area contributed by atoms with Gasteiger partial charge in [-0.1, -0.05) is 24.3 Å². The van der Waals surface area contributed by atoms with Crippen molar-refractivity contribution in [2.45, 2.75) is 38.3 Å². The number of alkyl halides is 1. The molecule has 2 aromatic carbocycles. The summed E-state index contributed by atoms with van der Waals surface area (Å²) in [5.74, 6) is 0.894. The number of halogens is 1. The van der Waals surface area contributed by atoms with Crippen molar-refractivity contribution in [2.24, 2.45) is 0 Å². The van der Waals surface area contributed by atoms with E-state index in [1.807, 2.05) is 6.07 Å². The number of methoxy groups -OCH3 is 1. The van der Waals surface area contributed by atoms with Crippen LogP contribution in [0.3, 0.4) is 0 Å². The molecular weight excluding hydrogens is 289 g/mol. The molecule has 1 heterocycles. The largest absolute Gasteiger partial charge is 0.497 e. The fourth-order valence-corrected chi connectivity index (χ4v) is 3.65. The first-order valence-corrected chi connectivity index (χ1v) is 8.54. The van der Waals surface area contributed by atoms with Crippen LogP contribution in [0.2, 0.25) is 0 Å². The summed E-state index contributed by atoms with van der Waals surface area (Å²) in [6.45, 7) is 4.33. The van der Waals surface area contributed by atoms with Gasteiger partial charge in [-0.2, -0.15) is 0 Å². The lowest BCUT2D eigenvalue weighted by Crippen LogP contribution is -2.43. The van der Waals surface area contributed by atoms with Gasteiger partial charge in [-0.05, 0) is 74.2 Å². The first kappa shape index (κ1) is 16.3. The minimum Gasteiger partial charge on any atom is -0.497 e. The van der Waals surface area contributed by atoms with Gasteiger partial charge in [0.2, 0.25) is 0 Å². The Morgan fingerprint density at radius 3 is 2.91 bits per heavy atom. The summed E-state index contributed by atoms with van der Waals surface area (Å²) < 4.78 is 19.4. The summed E-state index contributed by atoms with van der Waals surface area (Å²) >= 11 is 0. The van der Waals surface area contributed by atoms with Crippen molar-refractivity contribution in [3.63, 3.8) is 0 Å². The molecule has 1 saturated heterocycles. The summed E-state index contributed by atoms with van der Waals surface area (Å²) in [5.41, 5.74) is 0.360. The number of fused-ring (bicyclic) bond motifs is 1. The van der Waals surface area contributed by atoms with Gasteiger partial charge in [-0.25, -0.2) is 4.39 Å². The normalized spacial score (nSPS) is 22.4. The SMILES string of the molecule is COc1ccc2c(CCCN3CCCC(C)(F)C3)cccc2c1. The van der Waals surface area contributed by atoms with Crippen molar-refractivity contribution in [1.82, 2.24) is 4.90 Å². The summed E-state index contributed by atoms with van der Waals surface area (Å²) in [7, 11) is 1.70. The Kier molecular flexibility index (Phi) is 4.86.